The summed E-state index contributed by atoms with van der Waals surface area (Å²) in [5.41, 5.74) is 0. The minimum atomic E-state index is -0.408. The maximum Gasteiger partial charge on any atom is 0.229 e. The lowest BCUT2D eigenvalue weighted by atomic mass is 9.90. The van der Waals surface area contributed by atoms with E-state index in [0.29, 0.717) is 19.3 Å². The number of aliphatic hydroxyl groups excluding tert-OH is 1. The first-order valence-electron chi connectivity index (χ1n) is 8.65. The van der Waals surface area contributed by atoms with Gasteiger partial charge in [0.2, 0.25) is 11.8 Å². The van der Waals surface area contributed by atoms with E-state index in [1.165, 1.54) is 44.9 Å². The van der Waals surface area contributed by atoms with Gasteiger partial charge in [0.05, 0.1) is 6.10 Å². The fraction of sp³-hybridized carbons (Fsp3) is 0.882. The zero-order valence-electron chi connectivity index (χ0n) is 13.4. The highest BCUT2D eigenvalue weighted by atomic mass is 16.3. The largest absolute Gasteiger partial charge is 0.393 e. The Kier molecular flexibility index (Phi) is 9.31. The van der Waals surface area contributed by atoms with Crippen molar-refractivity contribution in [1.29, 1.82) is 0 Å². The molecule has 0 spiro atoms. The molecule has 1 heterocycles. The van der Waals surface area contributed by atoms with E-state index < -0.39 is 6.10 Å². The number of carbonyl (C=O) groups excluding carboxylic acids is 2. The Labute approximate surface area is 128 Å². The van der Waals surface area contributed by atoms with E-state index in [-0.39, 0.29) is 17.7 Å². The van der Waals surface area contributed by atoms with Gasteiger partial charge < -0.3 is 5.11 Å². The van der Waals surface area contributed by atoms with Crippen molar-refractivity contribution in [3.63, 3.8) is 0 Å². The Balaban J connectivity index is 2.00. The Morgan fingerprint density at radius 1 is 1.10 bits per heavy atom. The molecule has 21 heavy (non-hydrogen) atoms. The second kappa shape index (κ2) is 10.8. The van der Waals surface area contributed by atoms with Crippen LogP contribution in [0.2, 0.25) is 0 Å². The van der Waals surface area contributed by atoms with Crippen LogP contribution in [0.5, 0.6) is 0 Å². The lowest BCUT2D eigenvalue weighted by molar-refractivity contribution is -0.137. The predicted molar refractivity (Wildman–Crippen MR) is 83.7 cm³/mol. The molecule has 1 aliphatic heterocycles. The first kappa shape index (κ1) is 18.1. The lowest BCUT2D eigenvalue weighted by Gasteiger charge is -2.23. The van der Waals surface area contributed by atoms with Gasteiger partial charge in [0.25, 0.3) is 0 Å². The highest BCUT2D eigenvalue weighted by molar-refractivity contribution is 5.98. The van der Waals surface area contributed by atoms with Crippen LogP contribution in [0.15, 0.2) is 0 Å². The van der Waals surface area contributed by atoms with Crippen LogP contribution in [-0.2, 0) is 9.59 Å². The topological polar surface area (TPSA) is 66.4 Å². The highest BCUT2D eigenvalue weighted by Crippen LogP contribution is 2.20. The standard InChI is InChI=1S/C17H31NO3/c1-2-3-4-5-6-7-8-9-10-15(19)13-14-11-12-16(20)18-17(14)21/h14-15,19H,2-13H2,1H3,(H,18,20,21). The van der Waals surface area contributed by atoms with Crippen LogP contribution in [0.25, 0.3) is 0 Å². The van der Waals surface area contributed by atoms with Crippen LogP contribution >= 0.6 is 0 Å². The number of imide groups is 1. The van der Waals surface area contributed by atoms with Gasteiger partial charge in [-0.05, 0) is 19.3 Å². The van der Waals surface area contributed by atoms with E-state index in [1.54, 1.807) is 0 Å². The number of piperidine rings is 1. The molecule has 0 aliphatic carbocycles. The fourth-order valence-electron chi connectivity index (χ4n) is 2.92. The van der Waals surface area contributed by atoms with Crippen molar-refractivity contribution in [2.75, 3.05) is 0 Å². The van der Waals surface area contributed by atoms with Crippen LogP contribution in [0, 0.1) is 5.92 Å². The maximum absolute atomic E-state index is 11.6. The van der Waals surface area contributed by atoms with E-state index in [2.05, 4.69) is 12.2 Å². The lowest BCUT2D eigenvalue weighted by Crippen LogP contribution is -2.41. The zero-order valence-corrected chi connectivity index (χ0v) is 13.4. The number of carbonyl (C=O) groups is 2. The first-order chi connectivity index (χ1) is 10.1. The molecule has 0 bridgehead atoms. The van der Waals surface area contributed by atoms with E-state index >= 15 is 0 Å². The molecule has 4 nitrogen and oxygen atoms in total. The zero-order chi connectivity index (χ0) is 15.5. The molecule has 2 N–H and O–H groups in total. The molecule has 1 saturated heterocycles. The number of amides is 2. The van der Waals surface area contributed by atoms with E-state index in [1.807, 2.05) is 0 Å². The Morgan fingerprint density at radius 2 is 1.71 bits per heavy atom. The maximum atomic E-state index is 11.6. The molecule has 4 heteroatoms. The first-order valence-corrected chi connectivity index (χ1v) is 8.65. The van der Waals surface area contributed by atoms with Gasteiger partial charge in [-0.1, -0.05) is 58.3 Å². The third kappa shape index (κ3) is 8.20. The molecule has 2 unspecified atom stereocenters. The van der Waals surface area contributed by atoms with Gasteiger partial charge in [-0.25, -0.2) is 0 Å². The van der Waals surface area contributed by atoms with E-state index in [9.17, 15) is 14.7 Å². The second-order valence-electron chi connectivity index (χ2n) is 6.30. The third-order valence-corrected chi connectivity index (χ3v) is 4.30. The molecule has 1 rings (SSSR count). The monoisotopic (exact) mass is 297 g/mol. The summed E-state index contributed by atoms with van der Waals surface area (Å²) in [5.74, 6) is -0.582. The minimum absolute atomic E-state index is 0.186. The predicted octanol–water partition coefficient (Wildman–Crippen LogP) is 3.32. The molecule has 0 aromatic rings. The Morgan fingerprint density at radius 3 is 2.33 bits per heavy atom. The van der Waals surface area contributed by atoms with Gasteiger partial charge in [0.15, 0.2) is 0 Å². The van der Waals surface area contributed by atoms with Crippen LogP contribution in [0.1, 0.15) is 84.0 Å². The average Bonchev–Trinajstić information content (AvgIpc) is 2.45. The summed E-state index contributed by atoms with van der Waals surface area (Å²) in [5, 5.41) is 12.3. The molecule has 0 saturated carbocycles. The van der Waals surface area contributed by atoms with E-state index in [4.69, 9.17) is 0 Å². The number of hydrogen-bond acceptors (Lipinski definition) is 3. The molecular weight excluding hydrogens is 266 g/mol. The number of aliphatic hydroxyl groups is 1. The molecule has 2 amide bonds. The fourth-order valence-corrected chi connectivity index (χ4v) is 2.92. The quantitative estimate of drug-likeness (QED) is 0.454. The number of hydrogen-bond donors (Lipinski definition) is 2. The van der Waals surface area contributed by atoms with E-state index in [0.717, 1.165) is 12.8 Å². The van der Waals surface area contributed by atoms with Crippen LogP contribution < -0.4 is 5.32 Å². The normalized spacial score (nSPS) is 20.4. The number of nitrogens with one attached hydrogen (secondary N) is 1. The molecular formula is C17H31NO3. The van der Waals surface area contributed by atoms with Crippen molar-refractivity contribution in [1.82, 2.24) is 5.32 Å². The highest BCUT2D eigenvalue weighted by Gasteiger charge is 2.28. The van der Waals surface area contributed by atoms with Crippen molar-refractivity contribution in [3.8, 4) is 0 Å². The van der Waals surface area contributed by atoms with Crippen molar-refractivity contribution in [2.24, 2.45) is 5.92 Å². The van der Waals surface area contributed by atoms with Gasteiger partial charge in [-0.3, -0.25) is 14.9 Å². The van der Waals surface area contributed by atoms with Crippen molar-refractivity contribution >= 4 is 11.8 Å². The molecule has 0 aromatic heterocycles. The van der Waals surface area contributed by atoms with Gasteiger partial charge >= 0.3 is 0 Å². The summed E-state index contributed by atoms with van der Waals surface area (Å²) < 4.78 is 0. The molecule has 0 radical (unpaired) electrons. The van der Waals surface area contributed by atoms with Crippen LogP contribution in [0.3, 0.4) is 0 Å². The number of unbranched alkanes of at least 4 members (excludes halogenated alkanes) is 7. The third-order valence-electron chi connectivity index (χ3n) is 4.30. The Bertz CT molecular complexity index is 317. The summed E-state index contributed by atoms with van der Waals surface area (Å²) >= 11 is 0. The SMILES string of the molecule is CCCCCCCCCCC(O)CC1CCC(=O)NC1=O. The van der Waals surface area contributed by atoms with Gasteiger partial charge in [0, 0.05) is 12.3 Å². The van der Waals surface area contributed by atoms with Gasteiger partial charge in [-0.2, -0.15) is 0 Å². The molecule has 122 valence electrons. The number of rotatable bonds is 11. The molecule has 1 fully saturated rings. The molecule has 2 atom stereocenters. The van der Waals surface area contributed by atoms with Crippen LogP contribution in [0.4, 0.5) is 0 Å². The molecule has 1 aliphatic rings. The average molecular weight is 297 g/mol. The molecule has 0 aromatic carbocycles. The summed E-state index contributed by atoms with van der Waals surface area (Å²) in [4.78, 5) is 22.6. The summed E-state index contributed by atoms with van der Waals surface area (Å²) in [7, 11) is 0. The van der Waals surface area contributed by atoms with Gasteiger partial charge in [0.1, 0.15) is 0 Å². The summed E-state index contributed by atoms with van der Waals surface area (Å²) in [6.45, 7) is 2.23. The Hall–Kier alpha value is -0.900. The van der Waals surface area contributed by atoms with Crippen molar-refractivity contribution in [3.05, 3.63) is 0 Å². The summed E-state index contributed by atoms with van der Waals surface area (Å²) in [6, 6.07) is 0. The summed E-state index contributed by atoms with van der Waals surface area (Å²) in [6.07, 6.45) is 11.9. The smallest absolute Gasteiger partial charge is 0.229 e. The van der Waals surface area contributed by atoms with Crippen LogP contribution in [-0.4, -0.2) is 23.0 Å². The second-order valence-corrected chi connectivity index (χ2v) is 6.30. The van der Waals surface area contributed by atoms with Crippen molar-refractivity contribution in [2.45, 2.75) is 90.1 Å². The van der Waals surface area contributed by atoms with Crippen molar-refractivity contribution < 1.29 is 14.7 Å². The van der Waals surface area contributed by atoms with Gasteiger partial charge in [-0.15, -0.1) is 0 Å². The minimum Gasteiger partial charge on any atom is -0.393 e.